The number of para-hydroxylation sites is 1. The van der Waals surface area contributed by atoms with E-state index in [9.17, 15) is 0 Å². The molecule has 0 aromatic heterocycles. The monoisotopic (exact) mass is 325 g/mol. The van der Waals surface area contributed by atoms with Crippen LogP contribution in [0.5, 0.6) is 5.75 Å². The molecule has 1 aliphatic rings. The van der Waals surface area contributed by atoms with Crippen molar-refractivity contribution in [1.82, 2.24) is 4.90 Å². The van der Waals surface area contributed by atoms with Crippen LogP contribution in [0.15, 0.2) is 28.7 Å². The Labute approximate surface area is 125 Å². The van der Waals surface area contributed by atoms with Gasteiger partial charge in [0.25, 0.3) is 0 Å². The van der Waals surface area contributed by atoms with Crippen molar-refractivity contribution >= 4 is 15.9 Å². The molecule has 0 bridgehead atoms. The van der Waals surface area contributed by atoms with Crippen molar-refractivity contribution in [2.24, 2.45) is 0 Å². The summed E-state index contributed by atoms with van der Waals surface area (Å²) in [4.78, 5) is 2.62. The lowest BCUT2D eigenvalue weighted by atomic mass is 10.2. The van der Waals surface area contributed by atoms with Gasteiger partial charge < -0.3 is 9.64 Å². The van der Waals surface area contributed by atoms with Gasteiger partial charge in [-0.2, -0.15) is 0 Å². The van der Waals surface area contributed by atoms with Crippen LogP contribution < -0.4 is 4.74 Å². The van der Waals surface area contributed by atoms with E-state index in [0.29, 0.717) is 0 Å². The second-order valence-corrected chi connectivity index (χ2v) is 6.10. The average molecular weight is 326 g/mol. The maximum absolute atomic E-state index is 5.79. The van der Waals surface area contributed by atoms with Crippen molar-refractivity contribution in [2.45, 2.75) is 38.5 Å². The summed E-state index contributed by atoms with van der Waals surface area (Å²) in [5, 5.41) is 0. The first-order chi connectivity index (χ1) is 9.36. The van der Waals surface area contributed by atoms with Crippen molar-refractivity contribution in [1.29, 1.82) is 0 Å². The van der Waals surface area contributed by atoms with Gasteiger partial charge in [-0.15, -0.1) is 0 Å². The van der Waals surface area contributed by atoms with Crippen molar-refractivity contribution < 1.29 is 4.74 Å². The van der Waals surface area contributed by atoms with Crippen LogP contribution in [0.3, 0.4) is 0 Å². The van der Waals surface area contributed by atoms with Gasteiger partial charge >= 0.3 is 0 Å². The SMILES string of the molecule is Brc1ccccc1OCCCCN1CCCCCC1. The fourth-order valence-electron chi connectivity index (χ4n) is 2.54. The molecule has 2 nitrogen and oxygen atoms in total. The molecule has 0 unspecified atom stereocenters. The molecule has 1 heterocycles. The predicted octanol–water partition coefficient (Wildman–Crippen LogP) is 4.48. The highest BCUT2D eigenvalue weighted by Gasteiger charge is 2.08. The van der Waals surface area contributed by atoms with Crippen LogP contribution in [-0.4, -0.2) is 31.1 Å². The molecule has 1 aromatic carbocycles. The minimum atomic E-state index is 0.816. The van der Waals surface area contributed by atoms with Crippen LogP contribution in [0.1, 0.15) is 38.5 Å². The Kier molecular flexibility index (Phi) is 6.72. The largest absolute Gasteiger partial charge is 0.492 e. The fraction of sp³-hybridized carbons (Fsp3) is 0.625. The van der Waals surface area contributed by atoms with E-state index < -0.39 is 0 Å². The number of rotatable bonds is 6. The number of halogens is 1. The topological polar surface area (TPSA) is 12.5 Å². The quantitative estimate of drug-likeness (QED) is 0.715. The summed E-state index contributed by atoms with van der Waals surface area (Å²) in [5.74, 6) is 0.956. The van der Waals surface area contributed by atoms with Gasteiger partial charge in [-0.25, -0.2) is 0 Å². The average Bonchev–Trinajstić information content (AvgIpc) is 2.69. The first-order valence-electron chi connectivity index (χ1n) is 7.46. The van der Waals surface area contributed by atoms with Crippen LogP contribution in [0.2, 0.25) is 0 Å². The van der Waals surface area contributed by atoms with E-state index in [4.69, 9.17) is 4.74 Å². The molecule has 0 amide bonds. The summed E-state index contributed by atoms with van der Waals surface area (Å²) in [6, 6.07) is 8.05. The van der Waals surface area contributed by atoms with Gasteiger partial charge in [0.2, 0.25) is 0 Å². The van der Waals surface area contributed by atoms with Crippen LogP contribution in [0.4, 0.5) is 0 Å². The molecule has 0 radical (unpaired) electrons. The predicted molar refractivity (Wildman–Crippen MR) is 83.8 cm³/mol. The van der Waals surface area contributed by atoms with Crippen LogP contribution in [0, 0.1) is 0 Å². The molecule has 19 heavy (non-hydrogen) atoms. The Morgan fingerprint density at radius 3 is 2.47 bits per heavy atom. The summed E-state index contributed by atoms with van der Waals surface area (Å²) >= 11 is 3.50. The number of ether oxygens (including phenoxy) is 1. The highest BCUT2D eigenvalue weighted by atomic mass is 79.9. The highest BCUT2D eigenvalue weighted by molar-refractivity contribution is 9.10. The van der Waals surface area contributed by atoms with Gasteiger partial charge in [0.05, 0.1) is 11.1 Å². The van der Waals surface area contributed by atoms with Crippen LogP contribution in [-0.2, 0) is 0 Å². The Hall–Kier alpha value is -0.540. The van der Waals surface area contributed by atoms with E-state index in [-0.39, 0.29) is 0 Å². The lowest BCUT2D eigenvalue weighted by molar-refractivity contribution is 0.255. The van der Waals surface area contributed by atoms with Gasteiger partial charge in [-0.3, -0.25) is 0 Å². The maximum Gasteiger partial charge on any atom is 0.133 e. The Balaban J connectivity index is 1.58. The van der Waals surface area contributed by atoms with E-state index in [2.05, 4.69) is 20.8 Å². The summed E-state index contributed by atoms with van der Waals surface area (Å²) in [6.45, 7) is 4.64. The van der Waals surface area contributed by atoms with E-state index in [1.807, 2.05) is 24.3 Å². The van der Waals surface area contributed by atoms with Crippen LogP contribution >= 0.6 is 15.9 Å². The molecule has 0 aliphatic carbocycles. The number of nitrogens with zero attached hydrogens (tertiary/aromatic N) is 1. The summed E-state index contributed by atoms with van der Waals surface area (Å²) in [6.07, 6.45) is 7.98. The molecule has 106 valence electrons. The van der Waals surface area contributed by atoms with Crippen molar-refractivity contribution in [2.75, 3.05) is 26.2 Å². The molecular formula is C16H24BrNO. The zero-order valence-electron chi connectivity index (χ0n) is 11.6. The summed E-state index contributed by atoms with van der Waals surface area (Å²) < 4.78 is 6.83. The van der Waals surface area contributed by atoms with Gasteiger partial charge in [-0.05, 0) is 73.4 Å². The van der Waals surface area contributed by atoms with E-state index in [0.717, 1.165) is 23.2 Å². The fourth-order valence-corrected chi connectivity index (χ4v) is 2.94. The number of hydrogen-bond donors (Lipinski definition) is 0. The summed E-state index contributed by atoms with van der Waals surface area (Å²) in [7, 11) is 0. The van der Waals surface area contributed by atoms with Crippen LogP contribution in [0.25, 0.3) is 0 Å². The number of unbranched alkanes of at least 4 members (excludes halogenated alkanes) is 1. The normalized spacial score (nSPS) is 17.1. The van der Waals surface area contributed by atoms with Gasteiger partial charge in [0, 0.05) is 0 Å². The smallest absolute Gasteiger partial charge is 0.133 e. The second kappa shape index (κ2) is 8.60. The summed E-state index contributed by atoms with van der Waals surface area (Å²) in [5.41, 5.74) is 0. The Morgan fingerprint density at radius 1 is 1.00 bits per heavy atom. The third kappa shape index (κ3) is 5.53. The molecule has 1 aromatic rings. The minimum absolute atomic E-state index is 0.816. The molecule has 2 rings (SSSR count). The van der Waals surface area contributed by atoms with Gasteiger partial charge in [-0.1, -0.05) is 25.0 Å². The van der Waals surface area contributed by atoms with E-state index >= 15 is 0 Å². The zero-order valence-corrected chi connectivity index (χ0v) is 13.2. The van der Waals surface area contributed by atoms with E-state index in [1.54, 1.807) is 0 Å². The Morgan fingerprint density at radius 2 is 1.74 bits per heavy atom. The third-order valence-electron chi connectivity index (χ3n) is 3.66. The molecule has 1 fully saturated rings. The highest BCUT2D eigenvalue weighted by Crippen LogP contribution is 2.23. The van der Waals surface area contributed by atoms with E-state index in [1.165, 1.54) is 51.7 Å². The first-order valence-corrected chi connectivity index (χ1v) is 8.25. The molecule has 1 aliphatic heterocycles. The molecular weight excluding hydrogens is 302 g/mol. The lowest BCUT2D eigenvalue weighted by Crippen LogP contribution is -2.25. The molecule has 3 heteroatoms. The van der Waals surface area contributed by atoms with Crippen molar-refractivity contribution in [3.05, 3.63) is 28.7 Å². The number of likely N-dealkylation sites (tertiary alicyclic amines) is 1. The lowest BCUT2D eigenvalue weighted by Gasteiger charge is -2.19. The number of hydrogen-bond acceptors (Lipinski definition) is 2. The molecule has 0 atom stereocenters. The number of benzene rings is 1. The first kappa shape index (κ1) is 14.9. The van der Waals surface area contributed by atoms with Crippen molar-refractivity contribution in [3.8, 4) is 5.75 Å². The standard InChI is InChI=1S/C16H24BrNO/c17-15-9-3-4-10-16(15)19-14-8-7-13-18-11-5-1-2-6-12-18/h3-4,9-10H,1-2,5-8,11-14H2. The molecule has 0 saturated carbocycles. The zero-order chi connectivity index (χ0) is 13.3. The van der Waals surface area contributed by atoms with Crippen molar-refractivity contribution in [3.63, 3.8) is 0 Å². The molecule has 1 saturated heterocycles. The Bertz CT molecular complexity index is 362. The second-order valence-electron chi connectivity index (χ2n) is 5.24. The minimum Gasteiger partial charge on any atom is -0.492 e. The molecule has 0 N–H and O–H groups in total. The maximum atomic E-state index is 5.79. The van der Waals surface area contributed by atoms with Gasteiger partial charge in [0.15, 0.2) is 0 Å². The third-order valence-corrected chi connectivity index (χ3v) is 4.32. The van der Waals surface area contributed by atoms with Gasteiger partial charge in [0.1, 0.15) is 5.75 Å². The molecule has 0 spiro atoms.